The van der Waals surface area contributed by atoms with Crippen LogP contribution in [0.2, 0.25) is 0 Å². The van der Waals surface area contributed by atoms with Crippen molar-refractivity contribution in [3.63, 3.8) is 0 Å². The number of anilines is 1. The second kappa shape index (κ2) is 3.47. The molecule has 0 unspecified atom stereocenters. The number of furan rings is 1. The summed E-state index contributed by atoms with van der Waals surface area (Å²) in [6.45, 7) is 2.46. The van der Waals surface area contributed by atoms with Gasteiger partial charge in [0.05, 0.1) is 12.0 Å². The molecule has 0 radical (unpaired) electrons. The summed E-state index contributed by atoms with van der Waals surface area (Å²) < 4.78 is 7.36. The summed E-state index contributed by atoms with van der Waals surface area (Å²) >= 11 is 0. The number of aromatic nitrogens is 1. The maximum Gasteiger partial charge on any atom is 0.152 e. The van der Waals surface area contributed by atoms with Crippen molar-refractivity contribution in [2.45, 2.75) is 13.5 Å². The van der Waals surface area contributed by atoms with Gasteiger partial charge >= 0.3 is 0 Å². The van der Waals surface area contributed by atoms with Gasteiger partial charge in [0, 0.05) is 24.8 Å². The molecule has 0 aliphatic heterocycles. The van der Waals surface area contributed by atoms with Crippen LogP contribution in [-0.2, 0) is 13.6 Å². The maximum atomic E-state index is 6.05. The minimum atomic E-state index is 0.451. The topological polar surface area (TPSA) is 70.1 Å². The molecule has 80 valence electrons. The van der Waals surface area contributed by atoms with Gasteiger partial charge in [0.2, 0.25) is 0 Å². The van der Waals surface area contributed by atoms with E-state index < -0.39 is 0 Å². The van der Waals surface area contributed by atoms with Gasteiger partial charge in [0.25, 0.3) is 0 Å². The van der Waals surface area contributed by atoms with Crippen molar-refractivity contribution >= 4 is 5.69 Å². The van der Waals surface area contributed by atoms with Crippen molar-refractivity contribution in [3.8, 4) is 11.5 Å². The second-order valence-electron chi connectivity index (χ2n) is 3.57. The Kier molecular flexibility index (Phi) is 2.28. The predicted molar refractivity (Wildman–Crippen MR) is 60.2 cm³/mol. The third kappa shape index (κ3) is 1.34. The molecular formula is C11H15N3O. The highest BCUT2D eigenvalue weighted by Crippen LogP contribution is 2.32. The molecule has 0 aliphatic carbocycles. The molecule has 2 heterocycles. The van der Waals surface area contributed by atoms with E-state index in [1.807, 2.05) is 30.7 Å². The standard InChI is InChI=1S/C11H15N3O/c1-7-8(6-12)10(13)11(14(7)2)9-4-3-5-15-9/h3-5H,6,12-13H2,1-2H3. The van der Waals surface area contributed by atoms with Crippen LogP contribution in [0.25, 0.3) is 11.5 Å². The van der Waals surface area contributed by atoms with Crippen LogP contribution in [0, 0.1) is 6.92 Å². The molecule has 0 saturated carbocycles. The summed E-state index contributed by atoms with van der Waals surface area (Å²) in [5.41, 5.74) is 15.4. The Labute approximate surface area is 88.5 Å². The van der Waals surface area contributed by atoms with Gasteiger partial charge in [-0.3, -0.25) is 0 Å². The van der Waals surface area contributed by atoms with Gasteiger partial charge in [-0.25, -0.2) is 0 Å². The largest absolute Gasteiger partial charge is 0.463 e. The van der Waals surface area contributed by atoms with Crippen molar-refractivity contribution in [2.24, 2.45) is 12.8 Å². The van der Waals surface area contributed by atoms with Crippen LogP contribution in [0.4, 0.5) is 5.69 Å². The summed E-state index contributed by atoms with van der Waals surface area (Å²) in [5, 5.41) is 0. The fourth-order valence-corrected chi connectivity index (χ4v) is 1.86. The lowest BCUT2D eigenvalue weighted by Crippen LogP contribution is -2.00. The average Bonchev–Trinajstić information content (AvgIpc) is 2.77. The number of hydrogen-bond donors (Lipinski definition) is 2. The Bertz CT molecular complexity index is 468. The predicted octanol–water partition coefficient (Wildman–Crippen LogP) is 1.63. The van der Waals surface area contributed by atoms with Crippen LogP contribution in [-0.4, -0.2) is 4.57 Å². The number of rotatable bonds is 2. The third-order valence-corrected chi connectivity index (χ3v) is 2.81. The summed E-state index contributed by atoms with van der Waals surface area (Å²) in [5.74, 6) is 0.776. The van der Waals surface area contributed by atoms with Crippen molar-refractivity contribution in [1.29, 1.82) is 0 Å². The van der Waals surface area contributed by atoms with Gasteiger partial charge in [-0.1, -0.05) is 0 Å². The summed E-state index contributed by atoms with van der Waals surface area (Å²) in [6.07, 6.45) is 1.64. The molecule has 0 atom stereocenters. The molecule has 0 fully saturated rings. The van der Waals surface area contributed by atoms with Gasteiger partial charge in [0.1, 0.15) is 5.69 Å². The Morgan fingerprint density at radius 2 is 2.20 bits per heavy atom. The second-order valence-corrected chi connectivity index (χ2v) is 3.57. The number of nitrogens with two attached hydrogens (primary N) is 2. The number of nitrogens with zero attached hydrogens (tertiary/aromatic N) is 1. The Morgan fingerprint density at radius 3 is 2.67 bits per heavy atom. The first-order valence-corrected chi connectivity index (χ1v) is 4.84. The van der Waals surface area contributed by atoms with E-state index in [9.17, 15) is 0 Å². The van der Waals surface area contributed by atoms with Crippen LogP contribution in [0.5, 0.6) is 0 Å². The first-order valence-electron chi connectivity index (χ1n) is 4.84. The molecule has 4 nitrogen and oxygen atoms in total. The van der Waals surface area contributed by atoms with E-state index in [-0.39, 0.29) is 0 Å². The lowest BCUT2D eigenvalue weighted by molar-refractivity contribution is 0.576. The first-order chi connectivity index (χ1) is 7.16. The van der Waals surface area contributed by atoms with Crippen LogP contribution < -0.4 is 11.5 Å². The normalized spacial score (nSPS) is 10.9. The van der Waals surface area contributed by atoms with E-state index in [1.165, 1.54) is 0 Å². The molecule has 15 heavy (non-hydrogen) atoms. The average molecular weight is 205 g/mol. The van der Waals surface area contributed by atoms with Crippen LogP contribution in [0.15, 0.2) is 22.8 Å². The van der Waals surface area contributed by atoms with Crippen molar-refractivity contribution in [1.82, 2.24) is 4.57 Å². The SMILES string of the molecule is Cc1c(CN)c(N)c(-c2ccco2)n1C. The Morgan fingerprint density at radius 1 is 1.47 bits per heavy atom. The minimum absolute atomic E-state index is 0.451. The molecule has 0 amide bonds. The van der Waals surface area contributed by atoms with E-state index in [0.29, 0.717) is 12.2 Å². The maximum absolute atomic E-state index is 6.05. The smallest absolute Gasteiger partial charge is 0.152 e. The molecule has 0 aromatic carbocycles. The number of nitrogen functional groups attached to an aromatic ring is 1. The zero-order valence-corrected chi connectivity index (χ0v) is 8.95. The monoisotopic (exact) mass is 205 g/mol. The quantitative estimate of drug-likeness (QED) is 0.782. The summed E-state index contributed by atoms with van der Waals surface area (Å²) in [7, 11) is 1.96. The van der Waals surface area contributed by atoms with Crippen molar-refractivity contribution in [3.05, 3.63) is 29.7 Å². The fraction of sp³-hybridized carbons (Fsp3) is 0.273. The Hall–Kier alpha value is -1.68. The molecule has 2 aromatic rings. The van der Waals surface area contributed by atoms with Crippen LogP contribution in [0.3, 0.4) is 0 Å². The lowest BCUT2D eigenvalue weighted by Gasteiger charge is -2.02. The highest BCUT2D eigenvalue weighted by molar-refractivity contribution is 5.74. The van der Waals surface area contributed by atoms with Gasteiger partial charge in [-0.15, -0.1) is 0 Å². The highest BCUT2D eigenvalue weighted by Gasteiger charge is 2.17. The molecule has 2 rings (SSSR count). The van der Waals surface area contributed by atoms with E-state index in [1.54, 1.807) is 6.26 Å². The highest BCUT2D eigenvalue weighted by atomic mass is 16.3. The zero-order valence-electron chi connectivity index (χ0n) is 8.95. The van der Waals surface area contributed by atoms with E-state index in [2.05, 4.69) is 0 Å². The molecule has 0 spiro atoms. The molecule has 4 heteroatoms. The molecular weight excluding hydrogens is 190 g/mol. The summed E-state index contributed by atoms with van der Waals surface area (Å²) in [6, 6.07) is 3.74. The first kappa shape index (κ1) is 9.86. The third-order valence-electron chi connectivity index (χ3n) is 2.81. The summed E-state index contributed by atoms with van der Waals surface area (Å²) in [4.78, 5) is 0. The van der Waals surface area contributed by atoms with Crippen LogP contribution >= 0.6 is 0 Å². The molecule has 0 bridgehead atoms. The van der Waals surface area contributed by atoms with Gasteiger partial charge in [-0.05, 0) is 19.1 Å². The fourth-order valence-electron chi connectivity index (χ4n) is 1.86. The van der Waals surface area contributed by atoms with E-state index >= 15 is 0 Å². The molecule has 4 N–H and O–H groups in total. The minimum Gasteiger partial charge on any atom is -0.463 e. The van der Waals surface area contributed by atoms with Gasteiger partial charge < -0.3 is 20.5 Å². The van der Waals surface area contributed by atoms with Crippen LogP contribution in [0.1, 0.15) is 11.3 Å². The van der Waals surface area contributed by atoms with Gasteiger partial charge in [0.15, 0.2) is 5.76 Å². The molecule has 0 saturated heterocycles. The Balaban J connectivity index is 2.67. The van der Waals surface area contributed by atoms with Gasteiger partial charge in [-0.2, -0.15) is 0 Å². The lowest BCUT2D eigenvalue weighted by atomic mass is 10.2. The molecule has 2 aromatic heterocycles. The van der Waals surface area contributed by atoms with Crippen molar-refractivity contribution < 1.29 is 4.42 Å². The van der Waals surface area contributed by atoms with E-state index in [4.69, 9.17) is 15.9 Å². The molecule has 0 aliphatic rings. The van der Waals surface area contributed by atoms with Crippen molar-refractivity contribution in [2.75, 3.05) is 5.73 Å². The zero-order chi connectivity index (χ0) is 11.0. The van der Waals surface area contributed by atoms with E-state index in [0.717, 1.165) is 22.7 Å². The number of hydrogen-bond acceptors (Lipinski definition) is 3.